The van der Waals surface area contributed by atoms with Crippen LogP contribution in [0.4, 0.5) is 0 Å². The average Bonchev–Trinajstić information content (AvgIpc) is 2.54. The first-order chi connectivity index (χ1) is 10.5. The second-order valence-corrected chi connectivity index (χ2v) is 5.44. The van der Waals surface area contributed by atoms with Crippen molar-refractivity contribution in [2.45, 2.75) is 12.8 Å². The number of nitrogens with one attached hydrogen (secondary N) is 1. The first kappa shape index (κ1) is 18.3. The Hall–Kier alpha value is -1.70. The standard InChI is InChI=1S/C8H13NO2.C7H12N2O2/c1-9-5-3-4-7(6-9)8(10)11-2;1-9-4-2-3-6(5-9)7(10)8-11/h4H,3,5-6H2,1-2H3;3,11H,2,4-5H2,1H3,(H,8,10). The summed E-state index contributed by atoms with van der Waals surface area (Å²) in [5.74, 6) is -0.590. The zero-order valence-electron chi connectivity index (χ0n) is 13.5. The van der Waals surface area contributed by atoms with Gasteiger partial charge in [-0.05, 0) is 26.9 Å². The summed E-state index contributed by atoms with van der Waals surface area (Å²) in [7, 11) is 5.35. The summed E-state index contributed by atoms with van der Waals surface area (Å²) in [6.45, 7) is 3.34. The van der Waals surface area contributed by atoms with Crippen LogP contribution in [-0.2, 0) is 14.3 Å². The van der Waals surface area contributed by atoms with Crippen LogP contribution in [0, 0.1) is 0 Å². The highest BCUT2D eigenvalue weighted by molar-refractivity contribution is 5.93. The number of likely N-dealkylation sites (N-methyl/N-ethyl adjacent to an activating group) is 2. The molecule has 0 fully saturated rings. The molecule has 124 valence electrons. The van der Waals surface area contributed by atoms with Crippen molar-refractivity contribution in [2.24, 2.45) is 0 Å². The van der Waals surface area contributed by atoms with Gasteiger partial charge in [0, 0.05) is 37.3 Å². The third-order valence-corrected chi connectivity index (χ3v) is 3.52. The molecule has 22 heavy (non-hydrogen) atoms. The van der Waals surface area contributed by atoms with E-state index in [0.717, 1.165) is 31.5 Å². The molecular weight excluding hydrogens is 286 g/mol. The van der Waals surface area contributed by atoms with Gasteiger partial charge in [0.05, 0.1) is 7.11 Å². The number of hydrogen-bond acceptors (Lipinski definition) is 6. The van der Waals surface area contributed by atoms with E-state index in [1.807, 2.05) is 31.1 Å². The van der Waals surface area contributed by atoms with Crippen molar-refractivity contribution in [3.63, 3.8) is 0 Å². The van der Waals surface area contributed by atoms with Crippen LogP contribution in [-0.4, -0.2) is 74.3 Å². The van der Waals surface area contributed by atoms with Crippen LogP contribution in [0.1, 0.15) is 12.8 Å². The Balaban J connectivity index is 0.000000220. The normalized spacial score (nSPS) is 19.3. The minimum absolute atomic E-state index is 0.198. The number of carbonyl (C=O) groups is 2. The largest absolute Gasteiger partial charge is 0.466 e. The molecule has 0 aliphatic carbocycles. The SMILES string of the molecule is CN1CCC=C(C(=O)NO)C1.COC(=O)C1=CCCN(C)C1. The summed E-state index contributed by atoms with van der Waals surface area (Å²) in [6.07, 6.45) is 5.62. The number of hydroxylamine groups is 1. The molecule has 0 aromatic carbocycles. The summed E-state index contributed by atoms with van der Waals surface area (Å²) in [5, 5.41) is 8.31. The molecule has 0 atom stereocenters. The molecule has 2 rings (SSSR count). The van der Waals surface area contributed by atoms with E-state index < -0.39 is 5.91 Å². The van der Waals surface area contributed by atoms with Crippen molar-refractivity contribution in [1.29, 1.82) is 0 Å². The van der Waals surface area contributed by atoms with Gasteiger partial charge in [-0.2, -0.15) is 0 Å². The Morgan fingerprint density at radius 2 is 1.59 bits per heavy atom. The van der Waals surface area contributed by atoms with E-state index >= 15 is 0 Å². The van der Waals surface area contributed by atoms with Crippen LogP contribution in [0.2, 0.25) is 0 Å². The van der Waals surface area contributed by atoms with Gasteiger partial charge >= 0.3 is 5.97 Å². The summed E-state index contributed by atoms with van der Waals surface area (Å²) in [6, 6.07) is 0. The van der Waals surface area contributed by atoms with Crippen molar-refractivity contribution in [1.82, 2.24) is 15.3 Å². The van der Waals surface area contributed by atoms with E-state index in [1.54, 1.807) is 5.48 Å². The van der Waals surface area contributed by atoms with Crippen LogP contribution in [0.3, 0.4) is 0 Å². The maximum Gasteiger partial charge on any atom is 0.334 e. The summed E-state index contributed by atoms with van der Waals surface area (Å²) in [4.78, 5) is 26.0. The molecule has 0 unspecified atom stereocenters. The van der Waals surface area contributed by atoms with Crippen molar-refractivity contribution in [2.75, 3.05) is 47.4 Å². The zero-order valence-corrected chi connectivity index (χ0v) is 13.5. The lowest BCUT2D eigenvalue weighted by molar-refractivity contribution is -0.136. The average molecular weight is 311 g/mol. The highest BCUT2D eigenvalue weighted by Gasteiger charge is 2.15. The van der Waals surface area contributed by atoms with E-state index in [4.69, 9.17) is 5.21 Å². The summed E-state index contributed by atoms with van der Waals surface area (Å²) >= 11 is 0. The topological polar surface area (TPSA) is 82.1 Å². The lowest BCUT2D eigenvalue weighted by Crippen LogP contribution is -2.32. The second-order valence-electron chi connectivity index (χ2n) is 5.44. The maximum absolute atomic E-state index is 11.0. The third-order valence-electron chi connectivity index (χ3n) is 3.52. The van der Waals surface area contributed by atoms with Crippen LogP contribution >= 0.6 is 0 Å². The fourth-order valence-electron chi connectivity index (χ4n) is 2.30. The summed E-state index contributed by atoms with van der Waals surface area (Å²) < 4.78 is 4.60. The minimum Gasteiger partial charge on any atom is -0.466 e. The zero-order chi connectivity index (χ0) is 16.5. The number of rotatable bonds is 2. The predicted octanol–water partition coefficient (Wildman–Crippen LogP) is 0.175. The monoisotopic (exact) mass is 311 g/mol. The molecule has 2 aliphatic rings. The minimum atomic E-state index is -0.392. The molecule has 7 nitrogen and oxygen atoms in total. The first-order valence-electron chi connectivity index (χ1n) is 7.25. The maximum atomic E-state index is 11.0. The van der Waals surface area contributed by atoms with Gasteiger partial charge in [0.15, 0.2) is 0 Å². The number of nitrogens with zero attached hydrogens (tertiary/aromatic N) is 2. The molecule has 0 bridgehead atoms. The molecule has 2 aliphatic heterocycles. The highest BCUT2D eigenvalue weighted by atomic mass is 16.5. The van der Waals surface area contributed by atoms with Gasteiger partial charge in [-0.25, -0.2) is 10.3 Å². The molecule has 0 aromatic rings. The number of carbonyl (C=O) groups excluding carboxylic acids is 2. The third kappa shape index (κ3) is 5.97. The predicted molar refractivity (Wildman–Crippen MR) is 82.3 cm³/mol. The van der Waals surface area contributed by atoms with E-state index in [2.05, 4.69) is 9.64 Å². The Bertz CT molecular complexity index is 418. The quantitative estimate of drug-likeness (QED) is 0.430. The lowest BCUT2D eigenvalue weighted by Gasteiger charge is -2.21. The van der Waals surface area contributed by atoms with Crippen molar-refractivity contribution in [3.05, 3.63) is 23.3 Å². The van der Waals surface area contributed by atoms with Crippen molar-refractivity contribution >= 4 is 11.9 Å². The Morgan fingerprint density at radius 1 is 1.09 bits per heavy atom. The number of ether oxygens (including phenoxy) is 1. The molecule has 0 spiro atoms. The Labute approximate surface area is 131 Å². The molecule has 0 saturated heterocycles. The molecule has 7 heteroatoms. The van der Waals surface area contributed by atoms with Gasteiger partial charge in [0.25, 0.3) is 5.91 Å². The van der Waals surface area contributed by atoms with Gasteiger partial charge < -0.3 is 14.5 Å². The first-order valence-corrected chi connectivity index (χ1v) is 7.25. The van der Waals surface area contributed by atoms with Crippen LogP contribution in [0.5, 0.6) is 0 Å². The molecule has 1 amide bonds. The van der Waals surface area contributed by atoms with Gasteiger partial charge in [-0.3, -0.25) is 10.0 Å². The van der Waals surface area contributed by atoms with Crippen LogP contribution in [0.25, 0.3) is 0 Å². The molecular formula is C15H25N3O4. The molecule has 2 heterocycles. The van der Waals surface area contributed by atoms with E-state index in [9.17, 15) is 9.59 Å². The van der Waals surface area contributed by atoms with Gasteiger partial charge in [-0.1, -0.05) is 12.2 Å². The highest BCUT2D eigenvalue weighted by Crippen LogP contribution is 2.08. The van der Waals surface area contributed by atoms with Gasteiger partial charge in [0.1, 0.15) is 0 Å². The smallest absolute Gasteiger partial charge is 0.334 e. The number of methoxy groups -OCH3 is 1. The van der Waals surface area contributed by atoms with Crippen LogP contribution in [0.15, 0.2) is 23.3 Å². The van der Waals surface area contributed by atoms with E-state index in [1.165, 1.54) is 7.11 Å². The van der Waals surface area contributed by atoms with Gasteiger partial charge in [-0.15, -0.1) is 0 Å². The molecule has 0 saturated carbocycles. The van der Waals surface area contributed by atoms with Crippen LogP contribution < -0.4 is 5.48 Å². The number of hydrogen-bond donors (Lipinski definition) is 2. The van der Waals surface area contributed by atoms with E-state index in [0.29, 0.717) is 18.7 Å². The second kappa shape index (κ2) is 9.34. The molecule has 0 aromatic heterocycles. The fourth-order valence-corrected chi connectivity index (χ4v) is 2.30. The number of esters is 1. The number of amides is 1. The van der Waals surface area contributed by atoms with Crippen molar-refractivity contribution < 1.29 is 19.5 Å². The Morgan fingerprint density at radius 3 is 2.05 bits per heavy atom. The summed E-state index contributed by atoms with van der Waals surface area (Å²) in [5.41, 5.74) is 3.04. The van der Waals surface area contributed by atoms with Gasteiger partial charge in [0.2, 0.25) is 0 Å². The van der Waals surface area contributed by atoms with E-state index in [-0.39, 0.29) is 5.97 Å². The lowest BCUT2D eigenvalue weighted by atomic mass is 10.1. The van der Waals surface area contributed by atoms with Crippen molar-refractivity contribution in [3.8, 4) is 0 Å². The molecule has 0 radical (unpaired) electrons. The Kier molecular flexibility index (Phi) is 7.79. The fraction of sp³-hybridized carbons (Fsp3) is 0.600. The molecule has 2 N–H and O–H groups in total.